The molecule has 2 bridgehead atoms. The minimum absolute atomic E-state index is 0.0552. The molecule has 2 aliphatic heterocycles. The number of hydrogen-bond acceptors (Lipinski definition) is 3. The Balaban J connectivity index is 1.86. The van der Waals surface area contributed by atoms with Crippen LogP contribution >= 0.6 is 0 Å². The van der Waals surface area contributed by atoms with Crippen LogP contribution in [0.4, 0.5) is 4.79 Å². The van der Waals surface area contributed by atoms with Crippen LogP contribution < -0.4 is 0 Å². The van der Waals surface area contributed by atoms with Crippen LogP contribution in [0.3, 0.4) is 0 Å². The van der Waals surface area contributed by atoms with Gasteiger partial charge in [0.05, 0.1) is 5.60 Å². The molecule has 0 saturated carbocycles. The van der Waals surface area contributed by atoms with Gasteiger partial charge in [-0.25, -0.2) is 4.79 Å². The normalized spacial score (nSPS) is 29.0. The molecular weight excluding hydrogens is 314 g/mol. The first-order chi connectivity index (χ1) is 11.5. The predicted molar refractivity (Wildman–Crippen MR) is 98.7 cm³/mol. The summed E-state index contributed by atoms with van der Waals surface area (Å²) in [5, 5.41) is 11.5. The van der Waals surface area contributed by atoms with E-state index in [-0.39, 0.29) is 18.2 Å². The number of aliphatic hydroxyl groups is 1. The van der Waals surface area contributed by atoms with E-state index in [1.54, 1.807) is 0 Å². The van der Waals surface area contributed by atoms with E-state index in [0.29, 0.717) is 12.8 Å². The zero-order chi connectivity index (χ0) is 18.6. The maximum Gasteiger partial charge on any atom is 0.410 e. The standard InChI is InChI=1S/C21H31NO3/c1-13-9-15(3)18(10-14(13)2)21(24)11-16-7-8-17(12-21)22(16)19(23)25-20(4,5)6/h9-10,16-17,24H,7-8,11-12H2,1-6H3. The Morgan fingerprint density at radius 2 is 1.60 bits per heavy atom. The molecule has 2 fully saturated rings. The molecule has 2 heterocycles. The lowest BCUT2D eigenvalue weighted by atomic mass is 9.78. The summed E-state index contributed by atoms with van der Waals surface area (Å²) in [5.74, 6) is 0. The lowest BCUT2D eigenvalue weighted by molar-refractivity contribution is -0.0627. The number of fused-ring (bicyclic) bond motifs is 2. The summed E-state index contributed by atoms with van der Waals surface area (Å²) in [6.07, 6.45) is 2.82. The van der Waals surface area contributed by atoms with E-state index in [1.165, 1.54) is 11.1 Å². The highest BCUT2D eigenvalue weighted by Gasteiger charge is 2.51. The van der Waals surface area contributed by atoms with Crippen molar-refractivity contribution in [2.45, 2.75) is 90.5 Å². The molecule has 2 unspecified atom stereocenters. The monoisotopic (exact) mass is 345 g/mol. The Labute approximate surface area is 151 Å². The largest absolute Gasteiger partial charge is 0.444 e. The number of hydrogen-bond donors (Lipinski definition) is 1. The van der Waals surface area contributed by atoms with E-state index < -0.39 is 11.2 Å². The third-order valence-corrected chi connectivity index (χ3v) is 5.71. The van der Waals surface area contributed by atoms with Gasteiger partial charge in [0.25, 0.3) is 0 Å². The number of carbonyl (C=O) groups excluding carboxylic acids is 1. The van der Waals surface area contributed by atoms with Gasteiger partial charge in [0.1, 0.15) is 5.60 Å². The van der Waals surface area contributed by atoms with Gasteiger partial charge in [-0.1, -0.05) is 12.1 Å². The number of amides is 1. The van der Waals surface area contributed by atoms with Crippen LogP contribution in [0.2, 0.25) is 0 Å². The molecule has 4 nitrogen and oxygen atoms in total. The SMILES string of the molecule is Cc1cc(C)c(C2(O)CC3CCC(C2)N3C(=O)OC(C)(C)C)cc1C. The fourth-order valence-corrected chi connectivity index (χ4v) is 4.52. The van der Waals surface area contributed by atoms with Crippen LogP contribution in [-0.4, -0.2) is 33.8 Å². The molecule has 1 N–H and O–H groups in total. The molecule has 0 aromatic heterocycles. The van der Waals surface area contributed by atoms with Gasteiger partial charge in [-0.15, -0.1) is 0 Å². The van der Waals surface area contributed by atoms with Gasteiger partial charge >= 0.3 is 6.09 Å². The quantitative estimate of drug-likeness (QED) is 0.822. The van der Waals surface area contributed by atoms with E-state index in [4.69, 9.17) is 4.74 Å². The number of carbonyl (C=O) groups is 1. The molecule has 0 radical (unpaired) electrons. The second kappa shape index (κ2) is 6.01. The third kappa shape index (κ3) is 3.41. The van der Waals surface area contributed by atoms with Crippen molar-refractivity contribution in [2.24, 2.45) is 0 Å². The van der Waals surface area contributed by atoms with Crippen molar-refractivity contribution >= 4 is 6.09 Å². The molecule has 1 aromatic carbocycles. The van der Waals surface area contributed by atoms with Crippen molar-refractivity contribution in [1.82, 2.24) is 4.90 Å². The first-order valence-electron chi connectivity index (χ1n) is 9.32. The van der Waals surface area contributed by atoms with Crippen molar-refractivity contribution in [3.8, 4) is 0 Å². The topological polar surface area (TPSA) is 49.8 Å². The molecule has 4 heteroatoms. The van der Waals surface area contributed by atoms with Gasteiger partial charge in [-0.05, 0) is 76.6 Å². The van der Waals surface area contributed by atoms with Gasteiger partial charge < -0.3 is 14.7 Å². The summed E-state index contributed by atoms with van der Waals surface area (Å²) in [4.78, 5) is 14.5. The van der Waals surface area contributed by atoms with E-state index in [9.17, 15) is 9.90 Å². The smallest absolute Gasteiger partial charge is 0.410 e. The Morgan fingerprint density at radius 1 is 1.08 bits per heavy atom. The van der Waals surface area contributed by atoms with Gasteiger partial charge in [0.2, 0.25) is 0 Å². The maximum absolute atomic E-state index is 12.6. The number of rotatable bonds is 1. The minimum atomic E-state index is -0.854. The number of benzene rings is 1. The van der Waals surface area contributed by atoms with Crippen molar-refractivity contribution in [1.29, 1.82) is 0 Å². The molecule has 138 valence electrons. The molecule has 2 aliphatic rings. The highest BCUT2D eigenvalue weighted by Crippen LogP contribution is 2.47. The lowest BCUT2D eigenvalue weighted by Crippen LogP contribution is -2.53. The molecule has 2 atom stereocenters. The van der Waals surface area contributed by atoms with E-state index in [1.807, 2.05) is 25.7 Å². The van der Waals surface area contributed by atoms with Gasteiger partial charge in [0.15, 0.2) is 0 Å². The van der Waals surface area contributed by atoms with Crippen molar-refractivity contribution in [2.75, 3.05) is 0 Å². The van der Waals surface area contributed by atoms with Gasteiger partial charge in [-0.3, -0.25) is 0 Å². The summed E-state index contributed by atoms with van der Waals surface area (Å²) < 4.78 is 5.60. The molecule has 25 heavy (non-hydrogen) atoms. The second-order valence-electron chi connectivity index (χ2n) is 8.96. The average Bonchev–Trinajstić information content (AvgIpc) is 2.74. The van der Waals surface area contributed by atoms with Crippen LogP contribution in [0.5, 0.6) is 0 Å². The highest BCUT2D eigenvalue weighted by molar-refractivity contribution is 5.70. The number of aryl methyl sites for hydroxylation is 3. The fraction of sp³-hybridized carbons (Fsp3) is 0.667. The number of ether oxygens (including phenoxy) is 1. The lowest BCUT2D eigenvalue weighted by Gasteiger charge is -2.44. The average molecular weight is 345 g/mol. The molecule has 0 spiro atoms. The summed E-state index contributed by atoms with van der Waals surface area (Å²) in [6, 6.07) is 4.40. The first kappa shape index (κ1) is 18.2. The van der Waals surface area contributed by atoms with Crippen LogP contribution in [0.1, 0.15) is 68.7 Å². The fourth-order valence-electron chi connectivity index (χ4n) is 4.52. The number of piperidine rings is 1. The van der Waals surface area contributed by atoms with Gasteiger partial charge in [-0.2, -0.15) is 0 Å². The Morgan fingerprint density at radius 3 is 2.12 bits per heavy atom. The summed E-state index contributed by atoms with van der Waals surface area (Å²) in [7, 11) is 0. The molecule has 3 rings (SSSR count). The van der Waals surface area contributed by atoms with Crippen LogP contribution in [-0.2, 0) is 10.3 Å². The van der Waals surface area contributed by atoms with Crippen molar-refractivity contribution < 1.29 is 14.6 Å². The number of nitrogens with zero attached hydrogens (tertiary/aromatic N) is 1. The van der Waals surface area contributed by atoms with Crippen LogP contribution in [0.25, 0.3) is 0 Å². The predicted octanol–water partition coefficient (Wildman–Crippen LogP) is 4.36. The second-order valence-corrected chi connectivity index (χ2v) is 8.96. The van der Waals surface area contributed by atoms with E-state index in [0.717, 1.165) is 24.0 Å². The van der Waals surface area contributed by atoms with Crippen LogP contribution in [0.15, 0.2) is 12.1 Å². The molecular formula is C21H31NO3. The van der Waals surface area contributed by atoms with Gasteiger partial charge in [0, 0.05) is 24.9 Å². The Hall–Kier alpha value is -1.55. The first-order valence-corrected chi connectivity index (χ1v) is 9.32. The van der Waals surface area contributed by atoms with E-state index in [2.05, 4.69) is 32.9 Å². The Kier molecular flexibility index (Phi) is 4.39. The van der Waals surface area contributed by atoms with Crippen LogP contribution in [0, 0.1) is 20.8 Å². The highest BCUT2D eigenvalue weighted by atomic mass is 16.6. The molecule has 0 aliphatic carbocycles. The summed E-state index contributed by atoms with van der Waals surface area (Å²) >= 11 is 0. The molecule has 1 amide bonds. The zero-order valence-corrected chi connectivity index (χ0v) is 16.3. The maximum atomic E-state index is 12.6. The molecule has 1 aromatic rings. The zero-order valence-electron chi connectivity index (χ0n) is 16.3. The molecule has 2 saturated heterocycles. The summed E-state index contributed by atoms with van der Waals surface area (Å²) in [6.45, 7) is 11.9. The Bertz CT molecular complexity index is 675. The minimum Gasteiger partial charge on any atom is -0.444 e. The van der Waals surface area contributed by atoms with Crippen molar-refractivity contribution in [3.05, 3.63) is 34.4 Å². The summed E-state index contributed by atoms with van der Waals surface area (Å²) in [5.41, 5.74) is 3.27. The van der Waals surface area contributed by atoms with E-state index >= 15 is 0 Å². The van der Waals surface area contributed by atoms with Crippen molar-refractivity contribution in [3.63, 3.8) is 0 Å². The third-order valence-electron chi connectivity index (χ3n) is 5.71.